The predicted molar refractivity (Wildman–Crippen MR) is 113 cm³/mol. The summed E-state index contributed by atoms with van der Waals surface area (Å²) < 4.78 is 8.66. The molecule has 4 heterocycles. The molecule has 2 fully saturated rings. The summed E-state index contributed by atoms with van der Waals surface area (Å²) in [4.78, 5) is 26.0. The molecule has 7 nitrogen and oxygen atoms in total. The molecule has 1 aliphatic carbocycles. The number of carbonyl (C=O) groups is 1. The van der Waals surface area contributed by atoms with Crippen molar-refractivity contribution < 1.29 is 9.53 Å². The number of hydrogen-bond donors (Lipinski definition) is 0. The maximum Gasteiger partial charge on any atom is 0.272 e. The van der Waals surface area contributed by atoms with Gasteiger partial charge in [0.05, 0.1) is 12.3 Å². The quantitative estimate of drug-likeness (QED) is 0.684. The molecule has 0 bridgehead atoms. The molecule has 0 aromatic carbocycles. The lowest BCUT2D eigenvalue weighted by molar-refractivity contribution is -0.112. The standard InChI is InChI=1S/C22H28ClN5O2/c1-26(14-16-5-6-16)15-17-13-24-21-22(30-12-11-28(17)21)7-9-27(10-8-22)20(29)18-3-2-4-19(23)25-18/h2-4,13,16H,5-12,14-15H2,1H3. The van der Waals surface area contributed by atoms with Gasteiger partial charge in [-0.15, -0.1) is 0 Å². The molecule has 30 heavy (non-hydrogen) atoms. The molecular formula is C22H28ClN5O2. The van der Waals surface area contributed by atoms with E-state index in [2.05, 4.69) is 21.5 Å². The molecule has 8 heteroatoms. The van der Waals surface area contributed by atoms with Crippen LogP contribution >= 0.6 is 11.6 Å². The van der Waals surface area contributed by atoms with Crippen LogP contribution < -0.4 is 0 Å². The average Bonchev–Trinajstić information content (AvgIpc) is 3.46. The minimum absolute atomic E-state index is 0.0751. The molecule has 0 radical (unpaired) electrons. The molecule has 0 unspecified atom stereocenters. The number of pyridine rings is 1. The second-order valence-electron chi connectivity index (χ2n) is 8.85. The van der Waals surface area contributed by atoms with E-state index in [9.17, 15) is 4.79 Å². The van der Waals surface area contributed by atoms with E-state index in [1.54, 1.807) is 18.2 Å². The Kier molecular flexibility index (Phi) is 5.29. The highest BCUT2D eigenvalue weighted by Gasteiger charge is 2.44. The van der Waals surface area contributed by atoms with Gasteiger partial charge in [-0.1, -0.05) is 17.7 Å². The number of hydrogen-bond acceptors (Lipinski definition) is 5. The molecule has 1 spiro atoms. The normalized spacial score (nSPS) is 20.6. The van der Waals surface area contributed by atoms with Crippen LogP contribution in [0.3, 0.4) is 0 Å². The van der Waals surface area contributed by atoms with Gasteiger partial charge in [-0.25, -0.2) is 9.97 Å². The summed E-state index contributed by atoms with van der Waals surface area (Å²) in [6.07, 6.45) is 6.24. The Morgan fingerprint density at radius 2 is 2.10 bits per heavy atom. The van der Waals surface area contributed by atoms with Crippen molar-refractivity contribution in [3.63, 3.8) is 0 Å². The maximum absolute atomic E-state index is 12.8. The van der Waals surface area contributed by atoms with Crippen LogP contribution in [-0.2, 0) is 23.4 Å². The fourth-order valence-corrected chi connectivity index (χ4v) is 4.92. The molecule has 160 valence electrons. The van der Waals surface area contributed by atoms with Crippen LogP contribution in [0, 0.1) is 5.92 Å². The number of carbonyl (C=O) groups excluding carboxylic acids is 1. The van der Waals surface area contributed by atoms with E-state index in [0.717, 1.165) is 44.2 Å². The predicted octanol–water partition coefficient (Wildman–Crippen LogP) is 2.94. The Bertz CT molecular complexity index is 933. The van der Waals surface area contributed by atoms with Crippen molar-refractivity contribution in [3.05, 3.63) is 46.8 Å². The van der Waals surface area contributed by atoms with Crippen molar-refractivity contribution in [2.24, 2.45) is 5.92 Å². The van der Waals surface area contributed by atoms with Gasteiger partial charge in [0, 0.05) is 51.8 Å². The van der Waals surface area contributed by atoms with Crippen LogP contribution in [-0.4, -0.2) is 63.5 Å². The van der Waals surface area contributed by atoms with E-state index in [4.69, 9.17) is 21.3 Å². The first-order valence-electron chi connectivity index (χ1n) is 10.8. The first kappa shape index (κ1) is 20.0. The van der Waals surface area contributed by atoms with Crippen LogP contribution in [0.1, 0.15) is 47.7 Å². The lowest BCUT2D eigenvalue weighted by Crippen LogP contribution is -2.50. The van der Waals surface area contributed by atoms with Gasteiger partial charge in [0.1, 0.15) is 22.3 Å². The first-order chi connectivity index (χ1) is 14.5. The summed E-state index contributed by atoms with van der Waals surface area (Å²) in [5, 5.41) is 0.339. The van der Waals surface area contributed by atoms with Crippen molar-refractivity contribution in [3.8, 4) is 0 Å². The molecule has 1 saturated heterocycles. The molecular weight excluding hydrogens is 402 g/mol. The number of piperidine rings is 1. The van der Waals surface area contributed by atoms with Crippen LogP contribution in [0.25, 0.3) is 0 Å². The van der Waals surface area contributed by atoms with Crippen molar-refractivity contribution >= 4 is 17.5 Å². The average molecular weight is 430 g/mol. The van der Waals surface area contributed by atoms with Gasteiger partial charge in [0.15, 0.2) is 0 Å². The number of amides is 1. The van der Waals surface area contributed by atoms with Gasteiger partial charge >= 0.3 is 0 Å². The molecule has 1 saturated carbocycles. The Morgan fingerprint density at radius 3 is 2.83 bits per heavy atom. The van der Waals surface area contributed by atoms with E-state index in [0.29, 0.717) is 30.5 Å². The Hall–Kier alpha value is -1.96. The third-order valence-electron chi connectivity index (χ3n) is 6.53. The monoisotopic (exact) mass is 429 g/mol. The fraction of sp³-hybridized carbons (Fsp3) is 0.591. The van der Waals surface area contributed by atoms with Crippen LogP contribution in [0.5, 0.6) is 0 Å². The van der Waals surface area contributed by atoms with Crippen LogP contribution in [0.2, 0.25) is 5.15 Å². The lowest BCUT2D eigenvalue weighted by Gasteiger charge is -2.43. The number of aromatic nitrogens is 3. The SMILES string of the molecule is CN(Cc1cnc2n1CCOC21CCN(C(=O)c2cccc(Cl)n2)CC1)CC1CC1. The van der Waals surface area contributed by atoms with Gasteiger partial charge in [-0.05, 0) is 37.9 Å². The Labute approximate surface area is 182 Å². The number of likely N-dealkylation sites (tertiary alicyclic amines) is 1. The summed E-state index contributed by atoms with van der Waals surface area (Å²) >= 11 is 5.95. The van der Waals surface area contributed by atoms with Gasteiger partial charge in [0.2, 0.25) is 0 Å². The van der Waals surface area contributed by atoms with Crippen molar-refractivity contribution in [2.45, 2.75) is 44.4 Å². The number of halogens is 1. The van der Waals surface area contributed by atoms with Gasteiger partial charge < -0.3 is 19.1 Å². The number of imidazole rings is 1. The second-order valence-corrected chi connectivity index (χ2v) is 9.23. The van der Waals surface area contributed by atoms with E-state index in [1.165, 1.54) is 18.5 Å². The number of rotatable bonds is 5. The Morgan fingerprint density at radius 1 is 1.30 bits per heavy atom. The molecule has 2 aromatic rings. The van der Waals surface area contributed by atoms with E-state index in [-0.39, 0.29) is 5.91 Å². The van der Waals surface area contributed by atoms with E-state index in [1.807, 2.05) is 11.1 Å². The summed E-state index contributed by atoms with van der Waals surface area (Å²) in [5.41, 5.74) is 1.26. The molecule has 2 aliphatic heterocycles. The molecule has 0 atom stereocenters. The van der Waals surface area contributed by atoms with Crippen LogP contribution in [0.4, 0.5) is 0 Å². The number of fused-ring (bicyclic) bond motifs is 2. The topological polar surface area (TPSA) is 63.5 Å². The number of nitrogens with zero attached hydrogens (tertiary/aromatic N) is 5. The highest BCUT2D eigenvalue weighted by atomic mass is 35.5. The zero-order valence-electron chi connectivity index (χ0n) is 17.4. The van der Waals surface area contributed by atoms with Gasteiger partial charge in [0.25, 0.3) is 5.91 Å². The zero-order valence-corrected chi connectivity index (χ0v) is 18.1. The second kappa shape index (κ2) is 7.94. The van der Waals surface area contributed by atoms with Gasteiger partial charge in [-0.2, -0.15) is 0 Å². The lowest BCUT2D eigenvalue weighted by atomic mass is 9.89. The summed E-state index contributed by atoms with van der Waals surface area (Å²) in [6, 6.07) is 5.16. The van der Waals surface area contributed by atoms with Crippen LogP contribution in [0.15, 0.2) is 24.4 Å². The zero-order chi connectivity index (χ0) is 20.7. The largest absolute Gasteiger partial charge is 0.365 e. The third-order valence-corrected chi connectivity index (χ3v) is 6.74. The van der Waals surface area contributed by atoms with Gasteiger partial charge in [-0.3, -0.25) is 4.79 Å². The molecule has 5 rings (SSSR count). The summed E-state index contributed by atoms with van der Waals surface area (Å²) in [5.74, 6) is 1.83. The van der Waals surface area contributed by atoms with Crippen molar-refractivity contribution in [1.82, 2.24) is 24.3 Å². The minimum Gasteiger partial charge on any atom is -0.365 e. The molecule has 1 amide bonds. The summed E-state index contributed by atoms with van der Waals surface area (Å²) in [6.45, 7) is 4.86. The number of ether oxygens (including phenoxy) is 1. The fourth-order valence-electron chi connectivity index (χ4n) is 4.76. The Balaban J connectivity index is 1.28. The van der Waals surface area contributed by atoms with Crippen molar-refractivity contribution in [2.75, 3.05) is 33.3 Å². The first-order valence-corrected chi connectivity index (χ1v) is 11.2. The maximum atomic E-state index is 12.8. The highest BCUT2D eigenvalue weighted by Crippen LogP contribution is 2.39. The smallest absolute Gasteiger partial charge is 0.272 e. The van der Waals surface area contributed by atoms with E-state index >= 15 is 0 Å². The van der Waals surface area contributed by atoms with E-state index < -0.39 is 5.60 Å². The third kappa shape index (κ3) is 3.86. The highest BCUT2D eigenvalue weighted by molar-refractivity contribution is 6.29. The minimum atomic E-state index is -0.399. The summed E-state index contributed by atoms with van der Waals surface area (Å²) in [7, 11) is 2.20. The van der Waals surface area contributed by atoms with Crippen molar-refractivity contribution in [1.29, 1.82) is 0 Å². The molecule has 2 aromatic heterocycles. The molecule has 3 aliphatic rings. The molecule has 0 N–H and O–H groups in total.